The van der Waals surface area contributed by atoms with Crippen molar-refractivity contribution >= 4 is 5.91 Å². The highest BCUT2D eigenvalue weighted by atomic mass is 16.1. The van der Waals surface area contributed by atoms with Crippen molar-refractivity contribution in [3.05, 3.63) is 0 Å². The Morgan fingerprint density at radius 3 is 2.36 bits per heavy atom. The zero-order valence-electron chi connectivity index (χ0n) is 9.20. The van der Waals surface area contributed by atoms with Crippen LogP contribution in [0.15, 0.2) is 0 Å². The van der Waals surface area contributed by atoms with Crippen LogP contribution in [0.5, 0.6) is 0 Å². The summed E-state index contributed by atoms with van der Waals surface area (Å²) in [6, 6.07) is -0.112. The normalized spacial score (nSPS) is 22.1. The molecule has 0 aromatic carbocycles. The molecule has 4 nitrogen and oxygen atoms in total. The summed E-state index contributed by atoms with van der Waals surface area (Å²) in [6.45, 7) is 9.29. The lowest BCUT2D eigenvalue weighted by Gasteiger charge is -2.36. The molecule has 1 fully saturated rings. The molecule has 2 N–H and O–H groups in total. The molecular weight excluding hydrogens is 178 g/mol. The van der Waals surface area contributed by atoms with Gasteiger partial charge in [0.25, 0.3) is 0 Å². The van der Waals surface area contributed by atoms with Gasteiger partial charge in [-0.2, -0.15) is 0 Å². The molecule has 0 aliphatic carbocycles. The van der Waals surface area contributed by atoms with Crippen LogP contribution in [-0.4, -0.2) is 54.5 Å². The van der Waals surface area contributed by atoms with E-state index < -0.39 is 0 Å². The van der Waals surface area contributed by atoms with Crippen molar-refractivity contribution in [3.63, 3.8) is 0 Å². The van der Waals surface area contributed by atoms with Crippen LogP contribution in [0.25, 0.3) is 0 Å². The highest BCUT2D eigenvalue weighted by Gasteiger charge is 2.23. The molecule has 0 aromatic heterocycles. The summed E-state index contributed by atoms with van der Waals surface area (Å²) in [6.07, 6.45) is 1.20. The van der Waals surface area contributed by atoms with Gasteiger partial charge in [0.2, 0.25) is 5.91 Å². The number of nitrogens with zero attached hydrogens (tertiary/aromatic N) is 2. The number of rotatable bonds is 4. The predicted octanol–water partition coefficient (Wildman–Crippen LogP) is -0.112. The van der Waals surface area contributed by atoms with E-state index in [1.165, 1.54) is 13.0 Å². The molecule has 1 saturated heterocycles. The third-order valence-corrected chi connectivity index (χ3v) is 2.91. The first kappa shape index (κ1) is 11.5. The lowest BCUT2D eigenvalue weighted by Crippen LogP contribution is -2.53. The maximum atomic E-state index is 11.0. The van der Waals surface area contributed by atoms with E-state index in [-0.39, 0.29) is 11.9 Å². The SMILES string of the molecule is CCCN1CCN(C(C)C(N)=O)CC1. The number of carbonyl (C=O) groups excluding carboxylic acids is 1. The molecule has 82 valence electrons. The van der Waals surface area contributed by atoms with Crippen LogP contribution in [0.4, 0.5) is 0 Å². The van der Waals surface area contributed by atoms with Crippen LogP contribution in [0.2, 0.25) is 0 Å². The topological polar surface area (TPSA) is 49.6 Å². The Morgan fingerprint density at radius 2 is 1.93 bits per heavy atom. The van der Waals surface area contributed by atoms with E-state index in [0.29, 0.717) is 0 Å². The Bertz CT molecular complexity index is 188. The molecule has 0 saturated carbocycles. The molecule has 1 rings (SSSR count). The van der Waals surface area contributed by atoms with Crippen LogP contribution in [0, 0.1) is 0 Å². The van der Waals surface area contributed by atoms with Gasteiger partial charge in [-0.05, 0) is 19.9 Å². The summed E-state index contributed by atoms with van der Waals surface area (Å²) in [5, 5.41) is 0. The van der Waals surface area contributed by atoms with Gasteiger partial charge in [-0.3, -0.25) is 9.69 Å². The third kappa shape index (κ3) is 2.96. The largest absolute Gasteiger partial charge is 0.368 e. The molecule has 1 aliphatic rings. The first-order chi connectivity index (χ1) is 6.65. The maximum absolute atomic E-state index is 11.0. The maximum Gasteiger partial charge on any atom is 0.234 e. The van der Waals surface area contributed by atoms with E-state index in [0.717, 1.165) is 26.2 Å². The van der Waals surface area contributed by atoms with Crippen molar-refractivity contribution in [2.45, 2.75) is 26.3 Å². The summed E-state index contributed by atoms with van der Waals surface area (Å²) >= 11 is 0. The minimum absolute atomic E-state index is 0.112. The minimum Gasteiger partial charge on any atom is -0.368 e. The van der Waals surface area contributed by atoms with Gasteiger partial charge in [-0.1, -0.05) is 6.92 Å². The quantitative estimate of drug-likeness (QED) is 0.687. The fraction of sp³-hybridized carbons (Fsp3) is 0.900. The van der Waals surface area contributed by atoms with Crippen molar-refractivity contribution in [1.29, 1.82) is 0 Å². The molecule has 0 spiro atoms. The van der Waals surface area contributed by atoms with Crippen LogP contribution < -0.4 is 5.73 Å². The molecule has 14 heavy (non-hydrogen) atoms. The fourth-order valence-corrected chi connectivity index (χ4v) is 1.87. The zero-order chi connectivity index (χ0) is 10.6. The fourth-order valence-electron chi connectivity index (χ4n) is 1.87. The van der Waals surface area contributed by atoms with Gasteiger partial charge in [0.05, 0.1) is 6.04 Å². The minimum atomic E-state index is -0.214. The van der Waals surface area contributed by atoms with Crippen LogP contribution in [-0.2, 0) is 4.79 Å². The van der Waals surface area contributed by atoms with Crippen molar-refractivity contribution in [3.8, 4) is 0 Å². The van der Waals surface area contributed by atoms with Gasteiger partial charge in [0.15, 0.2) is 0 Å². The van der Waals surface area contributed by atoms with Crippen molar-refractivity contribution in [1.82, 2.24) is 9.80 Å². The zero-order valence-corrected chi connectivity index (χ0v) is 9.20. The third-order valence-electron chi connectivity index (χ3n) is 2.91. The van der Waals surface area contributed by atoms with Gasteiger partial charge in [0.1, 0.15) is 0 Å². The van der Waals surface area contributed by atoms with Gasteiger partial charge in [-0.25, -0.2) is 0 Å². The van der Waals surface area contributed by atoms with Gasteiger partial charge >= 0.3 is 0 Å². The van der Waals surface area contributed by atoms with Gasteiger partial charge in [0, 0.05) is 26.2 Å². The van der Waals surface area contributed by atoms with Crippen LogP contribution in [0.1, 0.15) is 20.3 Å². The molecule has 0 bridgehead atoms. The van der Waals surface area contributed by atoms with Gasteiger partial charge < -0.3 is 10.6 Å². The van der Waals surface area contributed by atoms with Crippen LogP contribution >= 0.6 is 0 Å². The van der Waals surface area contributed by atoms with E-state index in [4.69, 9.17) is 5.73 Å². The van der Waals surface area contributed by atoms with Crippen molar-refractivity contribution in [2.24, 2.45) is 5.73 Å². The van der Waals surface area contributed by atoms with Crippen LogP contribution in [0.3, 0.4) is 0 Å². The number of primary amides is 1. The smallest absolute Gasteiger partial charge is 0.234 e. The lowest BCUT2D eigenvalue weighted by molar-refractivity contribution is -0.123. The number of carbonyl (C=O) groups is 1. The second kappa shape index (κ2) is 5.32. The lowest BCUT2D eigenvalue weighted by atomic mass is 10.2. The van der Waals surface area contributed by atoms with E-state index in [1.54, 1.807) is 0 Å². The highest BCUT2D eigenvalue weighted by molar-refractivity contribution is 5.79. The molecular formula is C10H21N3O. The Balaban J connectivity index is 2.31. The average molecular weight is 199 g/mol. The molecule has 0 radical (unpaired) electrons. The van der Waals surface area contributed by atoms with Gasteiger partial charge in [-0.15, -0.1) is 0 Å². The van der Waals surface area contributed by atoms with Crippen molar-refractivity contribution in [2.75, 3.05) is 32.7 Å². The Morgan fingerprint density at radius 1 is 1.36 bits per heavy atom. The molecule has 1 amide bonds. The number of hydrogen-bond acceptors (Lipinski definition) is 3. The number of hydrogen-bond donors (Lipinski definition) is 1. The first-order valence-electron chi connectivity index (χ1n) is 5.41. The second-order valence-electron chi connectivity index (χ2n) is 3.96. The Kier molecular flexibility index (Phi) is 4.35. The number of piperazine rings is 1. The molecule has 4 heteroatoms. The molecule has 1 heterocycles. The second-order valence-corrected chi connectivity index (χ2v) is 3.96. The Hall–Kier alpha value is -0.610. The summed E-state index contributed by atoms with van der Waals surface area (Å²) in [5.74, 6) is -0.214. The molecule has 1 aliphatic heterocycles. The average Bonchev–Trinajstić information content (AvgIpc) is 2.18. The molecule has 1 unspecified atom stereocenters. The standard InChI is InChI=1S/C10H21N3O/c1-3-4-12-5-7-13(8-6-12)9(2)10(11)14/h9H,3-8H2,1-2H3,(H2,11,14). The summed E-state index contributed by atoms with van der Waals surface area (Å²) in [7, 11) is 0. The number of amides is 1. The predicted molar refractivity (Wildman–Crippen MR) is 57.0 cm³/mol. The monoisotopic (exact) mass is 199 g/mol. The highest BCUT2D eigenvalue weighted by Crippen LogP contribution is 2.06. The van der Waals surface area contributed by atoms with Crippen molar-refractivity contribution < 1.29 is 4.79 Å². The summed E-state index contributed by atoms with van der Waals surface area (Å²) in [4.78, 5) is 15.6. The van der Waals surface area contributed by atoms with E-state index >= 15 is 0 Å². The molecule has 1 atom stereocenters. The van der Waals surface area contributed by atoms with E-state index in [9.17, 15) is 4.79 Å². The molecule has 0 aromatic rings. The van der Waals surface area contributed by atoms with E-state index in [1.807, 2.05) is 6.92 Å². The summed E-state index contributed by atoms with van der Waals surface area (Å²) in [5.41, 5.74) is 5.27. The summed E-state index contributed by atoms with van der Waals surface area (Å²) < 4.78 is 0. The Labute approximate surface area is 86.0 Å². The van der Waals surface area contributed by atoms with E-state index in [2.05, 4.69) is 16.7 Å². The first-order valence-corrected chi connectivity index (χ1v) is 5.41. The number of nitrogens with two attached hydrogens (primary N) is 1.